The number of hydrogen-bond donors (Lipinski definition) is 3. The van der Waals surface area contributed by atoms with E-state index in [4.69, 9.17) is 0 Å². The van der Waals surface area contributed by atoms with Crippen LogP contribution >= 0.6 is 0 Å². The second-order valence-electron chi connectivity index (χ2n) is 11.2. The molecule has 0 unspecified atom stereocenters. The first kappa shape index (κ1) is 26.9. The molecule has 204 valence electrons. The average Bonchev–Trinajstić information content (AvgIpc) is 3.27. The van der Waals surface area contributed by atoms with Crippen LogP contribution in [-0.2, 0) is 11.3 Å². The van der Waals surface area contributed by atoms with Crippen LogP contribution in [0.2, 0.25) is 0 Å². The predicted octanol–water partition coefficient (Wildman–Crippen LogP) is 7.00. The molecule has 0 atom stereocenters. The van der Waals surface area contributed by atoms with E-state index in [0.717, 1.165) is 39.5 Å². The van der Waals surface area contributed by atoms with Gasteiger partial charge in [-0.3, -0.25) is 9.59 Å². The number of aromatic amines is 1. The summed E-state index contributed by atoms with van der Waals surface area (Å²) in [4.78, 5) is 35.5. The first-order chi connectivity index (χ1) is 19.1. The van der Waals surface area contributed by atoms with Gasteiger partial charge in [-0.25, -0.2) is 9.37 Å². The van der Waals surface area contributed by atoms with Crippen LogP contribution in [0.25, 0.3) is 16.8 Å². The van der Waals surface area contributed by atoms with Crippen molar-refractivity contribution in [1.82, 2.24) is 14.9 Å². The van der Waals surface area contributed by atoms with Gasteiger partial charge in [-0.2, -0.15) is 0 Å². The molecule has 5 rings (SSSR count). The molecule has 2 aromatic heterocycles. The molecule has 2 aromatic carbocycles. The van der Waals surface area contributed by atoms with E-state index in [1.54, 1.807) is 12.3 Å². The number of hydrogen-bond acceptors (Lipinski definition) is 4. The van der Waals surface area contributed by atoms with Crippen molar-refractivity contribution in [3.63, 3.8) is 0 Å². The van der Waals surface area contributed by atoms with Crippen LogP contribution in [0.4, 0.5) is 21.6 Å². The van der Waals surface area contributed by atoms with Gasteiger partial charge in [0.05, 0.1) is 17.9 Å². The molecule has 2 amide bonds. The highest BCUT2D eigenvalue weighted by atomic mass is 19.1. The van der Waals surface area contributed by atoms with E-state index in [1.165, 1.54) is 24.3 Å². The molecular weight excluding hydrogens is 505 g/mol. The number of halogens is 1. The number of pyridine rings is 1. The fraction of sp³-hybridized carbons (Fsp3) is 0.219. The van der Waals surface area contributed by atoms with E-state index in [1.807, 2.05) is 41.3 Å². The second kappa shape index (κ2) is 10.8. The Morgan fingerprint density at radius 3 is 2.48 bits per heavy atom. The number of benzene rings is 2. The lowest BCUT2D eigenvalue weighted by molar-refractivity contribution is -0.133. The lowest BCUT2D eigenvalue weighted by Crippen LogP contribution is -2.37. The molecule has 0 aliphatic carbocycles. The van der Waals surface area contributed by atoms with Crippen molar-refractivity contribution >= 4 is 34.6 Å². The summed E-state index contributed by atoms with van der Waals surface area (Å²) in [6.45, 7) is 11.4. The summed E-state index contributed by atoms with van der Waals surface area (Å²) in [5.41, 5.74) is 6.21. The number of amides is 2. The largest absolute Gasteiger partial charge is 0.355 e. The molecule has 3 heterocycles. The van der Waals surface area contributed by atoms with Crippen molar-refractivity contribution in [1.29, 1.82) is 0 Å². The van der Waals surface area contributed by atoms with Gasteiger partial charge in [-0.1, -0.05) is 45.5 Å². The van der Waals surface area contributed by atoms with Gasteiger partial charge in [0, 0.05) is 47.2 Å². The molecule has 0 saturated carbocycles. The van der Waals surface area contributed by atoms with E-state index in [-0.39, 0.29) is 17.2 Å². The first-order valence-electron chi connectivity index (χ1n) is 13.1. The molecule has 0 fully saturated rings. The maximum absolute atomic E-state index is 13.3. The molecule has 0 radical (unpaired) electrons. The van der Waals surface area contributed by atoms with Crippen LogP contribution in [0.1, 0.15) is 48.8 Å². The summed E-state index contributed by atoms with van der Waals surface area (Å²) in [5, 5.41) is 6.34. The number of fused-ring (bicyclic) bond motifs is 1. The summed E-state index contributed by atoms with van der Waals surface area (Å²) in [6, 6.07) is 18.8. The van der Waals surface area contributed by atoms with E-state index in [9.17, 15) is 14.0 Å². The number of para-hydroxylation sites is 1. The van der Waals surface area contributed by atoms with Gasteiger partial charge in [0.1, 0.15) is 11.6 Å². The smallest absolute Gasteiger partial charge is 0.256 e. The minimum atomic E-state index is -0.411. The maximum atomic E-state index is 13.3. The fourth-order valence-corrected chi connectivity index (χ4v) is 4.81. The molecule has 0 bridgehead atoms. The van der Waals surface area contributed by atoms with Crippen LogP contribution in [0, 0.1) is 11.2 Å². The Labute approximate surface area is 233 Å². The minimum Gasteiger partial charge on any atom is -0.355 e. The number of H-pyrrole nitrogens is 1. The molecule has 40 heavy (non-hydrogen) atoms. The topological polar surface area (TPSA) is 90.1 Å². The highest BCUT2D eigenvalue weighted by molar-refractivity contribution is 6.04. The van der Waals surface area contributed by atoms with E-state index in [2.05, 4.69) is 48.0 Å². The zero-order chi connectivity index (χ0) is 28.4. The number of anilines is 3. The van der Waals surface area contributed by atoms with Crippen molar-refractivity contribution < 1.29 is 14.0 Å². The third-order valence-corrected chi connectivity index (χ3v) is 6.64. The number of carbonyl (C=O) groups excluding carboxylic acids is 2. The van der Waals surface area contributed by atoms with Crippen LogP contribution in [0.15, 0.2) is 79.5 Å². The third kappa shape index (κ3) is 5.96. The molecule has 0 saturated heterocycles. The first-order valence-corrected chi connectivity index (χ1v) is 13.1. The third-order valence-electron chi connectivity index (χ3n) is 6.64. The lowest BCUT2D eigenvalue weighted by Gasteiger charge is -2.31. The van der Waals surface area contributed by atoms with Crippen molar-refractivity contribution in [2.45, 2.75) is 33.7 Å². The molecular formula is C32H32FN5O2. The Kier molecular flexibility index (Phi) is 7.26. The Bertz CT molecular complexity index is 1570. The molecule has 1 aliphatic rings. The Hall–Kier alpha value is -4.72. The summed E-state index contributed by atoms with van der Waals surface area (Å²) in [5.74, 6) is -0.362. The van der Waals surface area contributed by atoms with Gasteiger partial charge in [-0.05, 0) is 59.5 Å². The lowest BCUT2D eigenvalue weighted by atomic mass is 9.91. The highest BCUT2D eigenvalue weighted by Gasteiger charge is 2.31. The van der Waals surface area contributed by atoms with Gasteiger partial charge in [0.2, 0.25) is 5.91 Å². The quantitative estimate of drug-likeness (QED) is 0.247. The van der Waals surface area contributed by atoms with E-state index in [0.29, 0.717) is 30.9 Å². The van der Waals surface area contributed by atoms with Gasteiger partial charge in [0.15, 0.2) is 0 Å². The molecule has 4 aromatic rings. The number of nitrogens with one attached hydrogen (secondary N) is 3. The van der Waals surface area contributed by atoms with Gasteiger partial charge in [-0.15, -0.1) is 0 Å². The van der Waals surface area contributed by atoms with Crippen LogP contribution in [0.5, 0.6) is 0 Å². The Morgan fingerprint density at radius 2 is 1.77 bits per heavy atom. The van der Waals surface area contributed by atoms with Crippen LogP contribution in [-0.4, -0.2) is 33.2 Å². The van der Waals surface area contributed by atoms with Gasteiger partial charge in [0.25, 0.3) is 5.91 Å². The number of nitrogens with zero attached hydrogens (tertiary/aromatic N) is 2. The standard InChI is InChI=1S/C32H32FN5O2/c1-20-18-38(27(39)17-32(2,3)4)19-25-28(20)30(35-24-8-6-5-7-9-24)29(36-25)22-14-15-34-26(16-22)37-31(40)21-10-12-23(33)13-11-21/h5-16,35-36H,1,17-19H2,2-4H3,(H,34,37,40). The Morgan fingerprint density at radius 1 is 1.05 bits per heavy atom. The molecule has 1 aliphatic heterocycles. The normalized spacial score (nSPS) is 13.1. The van der Waals surface area contributed by atoms with Crippen molar-refractivity contribution in [2.24, 2.45) is 5.41 Å². The summed E-state index contributed by atoms with van der Waals surface area (Å²) < 4.78 is 13.3. The highest BCUT2D eigenvalue weighted by Crippen LogP contribution is 2.42. The minimum absolute atomic E-state index is 0.0859. The Balaban J connectivity index is 1.50. The van der Waals surface area contributed by atoms with Crippen molar-refractivity contribution in [2.75, 3.05) is 17.2 Å². The number of carbonyl (C=O) groups is 2. The molecule has 8 heteroatoms. The zero-order valence-electron chi connectivity index (χ0n) is 22.8. The van der Waals surface area contributed by atoms with Gasteiger partial charge >= 0.3 is 0 Å². The fourth-order valence-electron chi connectivity index (χ4n) is 4.81. The molecule has 0 spiro atoms. The second-order valence-corrected chi connectivity index (χ2v) is 11.2. The SMILES string of the molecule is C=C1CN(C(=O)CC(C)(C)C)Cc2[nH]c(-c3ccnc(NC(=O)c4ccc(F)cc4)c3)c(Nc3ccccc3)c21. The van der Waals surface area contributed by atoms with E-state index < -0.39 is 5.82 Å². The summed E-state index contributed by atoms with van der Waals surface area (Å²) >= 11 is 0. The molecule has 3 N–H and O–H groups in total. The maximum Gasteiger partial charge on any atom is 0.256 e. The summed E-state index contributed by atoms with van der Waals surface area (Å²) in [7, 11) is 0. The number of aromatic nitrogens is 2. The van der Waals surface area contributed by atoms with Crippen molar-refractivity contribution in [3.05, 3.63) is 102 Å². The monoisotopic (exact) mass is 537 g/mol. The predicted molar refractivity (Wildman–Crippen MR) is 157 cm³/mol. The average molecular weight is 538 g/mol. The van der Waals surface area contributed by atoms with Crippen LogP contribution in [0.3, 0.4) is 0 Å². The van der Waals surface area contributed by atoms with Crippen molar-refractivity contribution in [3.8, 4) is 11.3 Å². The molecule has 7 nitrogen and oxygen atoms in total. The van der Waals surface area contributed by atoms with E-state index >= 15 is 0 Å². The summed E-state index contributed by atoms with van der Waals surface area (Å²) in [6.07, 6.45) is 2.06. The van der Waals surface area contributed by atoms with Gasteiger partial charge < -0.3 is 20.5 Å². The van der Waals surface area contributed by atoms with Crippen LogP contribution < -0.4 is 10.6 Å². The zero-order valence-corrected chi connectivity index (χ0v) is 22.8. The number of rotatable bonds is 6.